The fourth-order valence-electron chi connectivity index (χ4n) is 2.76. The highest BCUT2D eigenvalue weighted by Crippen LogP contribution is 2.28. The quantitative estimate of drug-likeness (QED) is 0.756. The van der Waals surface area contributed by atoms with Crippen LogP contribution in [0.1, 0.15) is 12.5 Å². The number of halogens is 1. The van der Waals surface area contributed by atoms with Gasteiger partial charge in [0.25, 0.3) is 5.91 Å². The molecule has 8 heteroatoms. The molecule has 0 saturated carbocycles. The maximum Gasteiger partial charge on any atom is 0.252 e. The smallest absolute Gasteiger partial charge is 0.252 e. The van der Waals surface area contributed by atoms with Gasteiger partial charge in [0.2, 0.25) is 11.9 Å². The van der Waals surface area contributed by atoms with E-state index in [1.165, 1.54) is 22.9 Å². The van der Waals surface area contributed by atoms with Crippen molar-refractivity contribution in [1.82, 2.24) is 14.8 Å². The van der Waals surface area contributed by atoms with E-state index in [1.807, 2.05) is 30.3 Å². The summed E-state index contributed by atoms with van der Waals surface area (Å²) in [6, 6.07) is 14.3. The minimum Gasteiger partial charge on any atom is -0.324 e. The lowest BCUT2D eigenvalue weighted by molar-refractivity contribution is -0.123. The van der Waals surface area contributed by atoms with Crippen molar-refractivity contribution in [3.05, 3.63) is 60.4 Å². The van der Waals surface area contributed by atoms with Crippen LogP contribution in [0.4, 0.5) is 16.0 Å². The second-order valence-corrected chi connectivity index (χ2v) is 5.81. The van der Waals surface area contributed by atoms with Crippen molar-refractivity contribution in [2.24, 2.45) is 0 Å². The van der Waals surface area contributed by atoms with Gasteiger partial charge < -0.3 is 5.32 Å². The highest BCUT2D eigenvalue weighted by Gasteiger charge is 2.35. The maximum atomic E-state index is 13.6. The zero-order valence-electron chi connectivity index (χ0n) is 13.5. The molecule has 4 rings (SSSR count). The van der Waals surface area contributed by atoms with Crippen LogP contribution in [0.25, 0.3) is 11.4 Å². The van der Waals surface area contributed by atoms with Crippen LogP contribution in [0.2, 0.25) is 0 Å². The third-order valence-electron chi connectivity index (χ3n) is 4.02. The number of para-hydroxylation sites is 1. The summed E-state index contributed by atoms with van der Waals surface area (Å²) in [5, 5.41) is 9.42. The topological polar surface area (TPSA) is 88.9 Å². The fourth-order valence-corrected chi connectivity index (χ4v) is 2.76. The molecule has 2 aromatic carbocycles. The van der Waals surface area contributed by atoms with E-state index in [0.29, 0.717) is 5.82 Å². The van der Waals surface area contributed by atoms with Crippen molar-refractivity contribution in [3.63, 3.8) is 0 Å². The van der Waals surface area contributed by atoms with Gasteiger partial charge in [-0.05, 0) is 12.1 Å². The molecule has 0 saturated heterocycles. The first-order valence-corrected chi connectivity index (χ1v) is 7.99. The van der Waals surface area contributed by atoms with E-state index in [9.17, 15) is 14.0 Å². The molecule has 2 N–H and O–H groups in total. The number of benzene rings is 2. The Bertz CT molecular complexity index is 986. The fraction of sp³-hybridized carbons (Fsp3) is 0.111. The van der Waals surface area contributed by atoms with Gasteiger partial charge in [0.05, 0.1) is 12.1 Å². The van der Waals surface area contributed by atoms with Crippen LogP contribution in [0.3, 0.4) is 0 Å². The molecular formula is C18H14FN5O2. The summed E-state index contributed by atoms with van der Waals surface area (Å²) < 4.78 is 15.0. The highest BCUT2D eigenvalue weighted by molar-refractivity contribution is 6.01. The molecule has 0 fully saturated rings. The predicted octanol–water partition coefficient (Wildman–Crippen LogP) is 2.61. The molecular weight excluding hydrogens is 337 g/mol. The lowest BCUT2D eigenvalue weighted by Crippen LogP contribution is -2.24. The van der Waals surface area contributed by atoms with Crippen molar-refractivity contribution in [2.75, 3.05) is 10.6 Å². The van der Waals surface area contributed by atoms with Gasteiger partial charge in [-0.2, -0.15) is 4.98 Å². The SMILES string of the molecule is O=C(C[C@H]1C(=O)Nc2nc(-c3ccccc3)nn21)Nc1ccccc1F. The first-order valence-electron chi connectivity index (χ1n) is 7.99. The average Bonchev–Trinajstić information content (AvgIpc) is 3.17. The number of carbonyl (C=O) groups excluding carboxylic acids is 2. The van der Waals surface area contributed by atoms with Crippen LogP contribution < -0.4 is 10.6 Å². The average molecular weight is 351 g/mol. The van der Waals surface area contributed by atoms with Crippen molar-refractivity contribution >= 4 is 23.5 Å². The van der Waals surface area contributed by atoms with Gasteiger partial charge in [0.1, 0.15) is 11.9 Å². The second kappa shape index (κ2) is 6.40. The highest BCUT2D eigenvalue weighted by atomic mass is 19.1. The van der Waals surface area contributed by atoms with Gasteiger partial charge in [0, 0.05) is 5.56 Å². The van der Waals surface area contributed by atoms with Crippen molar-refractivity contribution < 1.29 is 14.0 Å². The van der Waals surface area contributed by atoms with Gasteiger partial charge in [-0.15, -0.1) is 5.10 Å². The van der Waals surface area contributed by atoms with Gasteiger partial charge in [-0.3, -0.25) is 14.9 Å². The molecule has 0 bridgehead atoms. The maximum absolute atomic E-state index is 13.6. The van der Waals surface area contributed by atoms with E-state index >= 15 is 0 Å². The lowest BCUT2D eigenvalue weighted by Gasteiger charge is -2.10. The Labute approximate surface area is 147 Å². The van der Waals surface area contributed by atoms with Gasteiger partial charge in [-0.25, -0.2) is 9.07 Å². The Balaban J connectivity index is 1.53. The molecule has 0 unspecified atom stereocenters. The molecule has 1 atom stereocenters. The van der Waals surface area contributed by atoms with E-state index in [1.54, 1.807) is 6.07 Å². The molecule has 2 amide bonds. The minimum atomic E-state index is -0.832. The molecule has 26 heavy (non-hydrogen) atoms. The minimum absolute atomic E-state index is 0.0692. The summed E-state index contributed by atoms with van der Waals surface area (Å²) in [5.74, 6) is -0.648. The number of hydrogen-bond donors (Lipinski definition) is 2. The molecule has 3 aromatic rings. The third kappa shape index (κ3) is 2.92. The largest absolute Gasteiger partial charge is 0.324 e. The molecule has 0 spiro atoms. The van der Waals surface area contributed by atoms with Crippen LogP contribution in [-0.4, -0.2) is 26.6 Å². The Morgan fingerprint density at radius 2 is 1.88 bits per heavy atom. The van der Waals surface area contributed by atoms with E-state index in [2.05, 4.69) is 20.7 Å². The van der Waals surface area contributed by atoms with Crippen LogP contribution >= 0.6 is 0 Å². The molecule has 2 heterocycles. The van der Waals surface area contributed by atoms with Crippen molar-refractivity contribution in [1.29, 1.82) is 0 Å². The van der Waals surface area contributed by atoms with E-state index < -0.39 is 17.8 Å². The number of nitrogens with zero attached hydrogens (tertiary/aromatic N) is 3. The van der Waals surface area contributed by atoms with Gasteiger partial charge in [0.15, 0.2) is 5.82 Å². The normalized spacial score (nSPS) is 15.4. The summed E-state index contributed by atoms with van der Waals surface area (Å²) in [5.41, 5.74) is 0.873. The Hall–Kier alpha value is -3.55. The number of hydrogen-bond acceptors (Lipinski definition) is 4. The third-order valence-corrected chi connectivity index (χ3v) is 4.02. The van der Waals surface area contributed by atoms with Gasteiger partial charge in [-0.1, -0.05) is 42.5 Å². The van der Waals surface area contributed by atoms with Crippen LogP contribution in [-0.2, 0) is 9.59 Å². The second-order valence-electron chi connectivity index (χ2n) is 5.81. The first kappa shape index (κ1) is 15.9. The Morgan fingerprint density at radius 1 is 1.15 bits per heavy atom. The predicted molar refractivity (Wildman–Crippen MR) is 92.8 cm³/mol. The van der Waals surface area contributed by atoms with Crippen molar-refractivity contribution in [3.8, 4) is 11.4 Å². The zero-order chi connectivity index (χ0) is 18.1. The Morgan fingerprint density at radius 3 is 2.65 bits per heavy atom. The summed E-state index contributed by atoms with van der Waals surface area (Å²) in [4.78, 5) is 28.7. The molecule has 1 aliphatic rings. The monoisotopic (exact) mass is 351 g/mol. The number of anilines is 2. The number of carbonyl (C=O) groups is 2. The number of amides is 2. The summed E-state index contributed by atoms with van der Waals surface area (Å²) in [7, 11) is 0. The first-order chi connectivity index (χ1) is 12.6. The van der Waals surface area contributed by atoms with E-state index in [-0.39, 0.29) is 24.0 Å². The Kier molecular flexibility index (Phi) is 3.92. The number of aromatic nitrogens is 3. The summed E-state index contributed by atoms with van der Waals surface area (Å²) >= 11 is 0. The van der Waals surface area contributed by atoms with Gasteiger partial charge >= 0.3 is 0 Å². The summed E-state index contributed by atoms with van der Waals surface area (Å²) in [6.07, 6.45) is -0.176. The molecule has 1 aliphatic heterocycles. The standard InChI is InChI=1S/C18H14FN5O2/c19-12-8-4-5-9-13(12)20-15(25)10-14-17(26)22-18-21-16(23-24(14)18)11-6-2-1-3-7-11/h1-9,14H,10H2,(H,20,25)(H,21,22,23,26)/t14-/m0/s1. The van der Waals surface area contributed by atoms with Crippen LogP contribution in [0, 0.1) is 5.82 Å². The number of rotatable bonds is 4. The molecule has 0 radical (unpaired) electrons. The van der Waals surface area contributed by atoms with Crippen LogP contribution in [0.15, 0.2) is 54.6 Å². The molecule has 0 aliphatic carbocycles. The van der Waals surface area contributed by atoms with Crippen molar-refractivity contribution in [2.45, 2.75) is 12.5 Å². The number of fused-ring (bicyclic) bond motifs is 1. The van der Waals surface area contributed by atoms with E-state index in [0.717, 1.165) is 5.56 Å². The molecule has 7 nitrogen and oxygen atoms in total. The summed E-state index contributed by atoms with van der Waals surface area (Å²) in [6.45, 7) is 0. The zero-order valence-corrected chi connectivity index (χ0v) is 13.5. The molecule has 130 valence electrons. The lowest BCUT2D eigenvalue weighted by atomic mass is 10.2. The van der Waals surface area contributed by atoms with Crippen LogP contribution in [0.5, 0.6) is 0 Å². The number of nitrogens with one attached hydrogen (secondary N) is 2. The molecule has 1 aromatic heterocycles. The van der Waals surface area contributed by atoms with E-state index in [4.69, 9.17) is 0 Å².